The lowest BCUT2D eigenvalue weighted by atomic mass is 10.1. The molecule has 0 radical (unpaired) electrons. The van der Waals surface area contributed by atoms with E-state index >= 15 is 0 Å². The van der Waals surface area contributed by atoms with Gasteiger partial charge in [-0.3, -0.25) is 9.48 Å². The zero-order valence-corrected chi connectivity index (χ0v) is 18.3. The van der Waals surface area contributed by atoms with Gasteiger partial charge in [0.25, 0.3) is 5.91 Å². The van der Waals surface area contributed by atoms with Crippen LogP contribution in [-0.4, -0.2) is 40.8 Å². The number of thiophene rings is 1. The molecule has 0 aromatic carbocycles. The van der Waals surface area contributed by atoms with Crippen LogP contribution >= 0.6 is 11.3 Å². The van der Waals surface area contributed by atoms with Gasteiger partial charge in [0.1, 0.15) is 15.6 Å². The van der Waals surface area contributed by atoms with Crippen molar-refractivity contribution in [3.63, 3.8) is 0 Å². The number of anilines is 1. The van der Waals surface area contributed by atoms with Gasteiger partial charge >= 0.3 is 11.9 Å². The first-order valence-corrected chi connectivity index (χ1v) is 10.6. The maximum absolute atomic E-state index is 12.7. The van der Waals surface area contributed by atoms with E-state index in [1.807, 2.05) is 6.92 Å². The highest BCUT2D eigenvalue weighted by Crippen LogP contribution is 2.34. The minimum Gasteiger partial charge on any atom is -0.462 e. The van der Waals surface area contributed by atoms with Crippen LogP contribution in [0.5, 0.6) is 0 Å². The molecule has 3 aromatic heterocycles. The summed E-state index contributed by atoms with van der Waals surface area (Å²) in [6.45, 7) is 5.98. The summed E-state index contributed by atoms with van der Waals surface area (Å²) in [7, 11) is 0. The number of carbonyl (C=O) groups excluding carboxylic acids is 3. The molecule has 0 aliphatic carbocycles. The molecule has 0 spiro atoms. The molecule has 0 saturated carbocycles. The van der Waals surface area contributed by atoms with Crippen molar-refractivity contribution < 1.29 is 28.3 Å². The summed E-state index contributed by atoms with van der Waals surface area (Å²) in [5, 5.41) is 6.97. The van der Waals surface area contributed by atoms with Crippen LogP contribution in [0.2, 0.25) is 0 Å². The van der Waals surface area contributed by atoms with E-state index < -0.39 is 17.8 Å². The Morgan fingerprint density at radius 1 is 1.19 bits per heavy atom. The molecular weight excluding hydrogens is 422 g/mol. The summed E-state index contributed by atoms with van der Waals surface area (Å²) in [5.74, 6) is -1.10. The maximum atomic E-state index is 12.7. The van der Waals surface area contributed by atoms with Gasteiger partial charge in [0.15, 0.2) is 5.76 Å². The molecule has 1 N–H and O–H groups in total. The fourth-order valence-electron chi connectivity index (χ4n) is 2.81. The molecule has 3 aromatic rings. The third-order valence-corrected chi connectivity index (χ3v) is 5.43. The number of nitrogens with one attached hydrogen (secondary N) is 1. The fraction of sp³-hybridized carbons (Fsp3) is 0.333. The molecule has 3 rings (SSSR count). The van der Waals surface area contributed by atoms with Crippen LogP contribution < -0.4 is 5.32 Å². The molecule has 3 heterocycles. The molecule has 0 bridgehead atoms. The monoisotopic (exact) mass is 445 g/mol. The third kappa shape index (κ3) is 5.21. The minimum absolute atomic E-state index is 0.0683. The molecule has 164 valence electrons. The zero-order chi connectivity index (χ0) is 22.4. The Balaban J connectivity index is 1.84. The number of esters is 2. The number of nitrogens with zero attached hydrogens (tertiary/aromatic N) is 2. The largest absolute Gasteiger partial charge is 0.462 e. The molecule has 0 atom stereocenters. The summed E-state index contributed by atoms with van der Waals surface area (Å²) in [6.07, 6.45) is 4.07. The summed E-state index contributed by atoms with van der Waals surface area (Å²) in [6, 6.07) is 5.00. The smallest absolute Gasteiger partial charge is 0.348 e. The predicted octanol–water partition coefficient (Wildman–Crippen LogP) is 3.89. The van der Waals surface area contributed by atoms with Crippen LogP contribution in [-0.2, 0) is 16.0 Å². The van der Waals surface area contributed by atoms with Crippen LogP contribution in [0.15, 0.2) is 35.0 Å². The lowest BCUT2D eigenvalue weighted by molar-refractivity contribution is 0.0506. The highest BCUT2D eigenvalue weighted by molar-refractivity contribution is 7.18. The number of amides is 1. The molecule has 31 heavy (non-hydrogen) atoms. The fourth-order valence-corrected chi connectivity index (χ4v) is 3.89. The molecule has 0 saturated heterocycles. The Bertz CT molecular complexity index is 1070. The van der Waals surface area contributed by atoms with Crippen molar-refractivity contribution in [2.75, 3.05) is 18.5 Å². The first kappa shape index (κ1) is 22.3. The van der Waals surface area contributed by atoms with Crippen molar-refractivity contribution in [2.24, 2.45) is 0 Å². The molecule has 10 heteroatoms. The number of carbonyl (C=O) groups is 3. The Morgan fingerprint density at radius 3 is 2.68 bits per heavy atom. The highest BCUT2D eigenvalue weighted by atomic mass is 32.1. The normalized spacial score (nSPS) is 10.7. The number of rotatable bonds is 9. The highest BCUT2D eigenvalue weighted by Gasteiger charge is 2.28. The molecular formula is C21H23N3O6S. The lowest BCUT2D eigenvalue weighted by Gasteiger charge is -2.07. The van der Waals surface area contributed by atoms with Gasteiger partial charge in [0.05, 0.1) is 25.3 Å². The lowest BCUT2D eigenvalue weighted by Crippen LogP contribution is -2.14. The van der Waals surface area contributed by atoms with Crippen LogP contribution in [0, 0.1) is 6.92 Å². The van der Waals surface area contributed by atoms with Crippen molar-refractivity contribution in [1.29, 1.82) is 0 Å². The predicted molar refractivity (Wildman–Crippen MR) is 114 cm³/mol. The Morgan fingerprint density at radius 2 is 2.00 bits per heavy atom. The van der Waals surface area contributed by atoms with Gasteiger partial charge in [-0.15, -0.1) is 11.3 Å². The topological polar surface area (TPSA) is 113 Å². The first-order valence-electron chi connectivity index (χ1n) is 9.79. The Labute approximate surface area is 182 Å². The average molecular weight is 445 g/mol. The maximum Gasteiger partial charge on any atom is 0.348 e. The van der Waals surface area contributed by atoms with Gasteiger partial charge in [0, 0.05) is 12.4 Å². The van der Waals surface area contributed by atoms with Crippen molar-refractivity contribution in [1.82, 2.24) is 9.78 Å². The van der Waals surface area contributed by atoms with E-state index in [1.165, 1.54) is 6.07 Å². The van der Waals surface area contributed by atoms with Crippen LogP contribution in [0.4, 0.5) is 5.00 Å². The van der Waals surface area contributed by atoms with Crippen molar-refractivity contribution in [3.05, 3.63) is 58.1 Å². The zero-order valence-electron chi connectivity index (χ0n) is 17.5. The van der Waals surface area contributed by atoms with Gasteiger partial charge in [-0.25, -0.2) is 9.59 Å². The van der Waals surface area contributed by atoms with E-state index in [0.717, 1.165) is 11.3 Å². The number of aromatic nitrogens is 2. The SMILES string of the molecule is CCCOC(=O)c1c(NC(=O)c2ccc(Cn3cccn3)o2)sc(C(=O)OCC)c1C. The quantitative estimate of drug-likeness (QED) is 0.497. The summed E-state index contributed by atoms with van der Waals surface area (Å²) in [5.41, 5.74) is 0.539. The minimum atomic E-state index is -0.611. The van der Waals surface area contributed by atoms with E-state index in [-0.39, 0.29) is 34.4 Å². The second-order valence-electron chi connectivity index (χ2n) is 6.54. The molecule has 0 aliphatic rings. The number of furan rings is 1. The number of hydrogen-bond donors (Lipinski definition) is 1. The van der Waals surface area contributed by atoms with E-state index in [0.29, 0.717) is 24.3 Å². The van der Waals surface area contributed by atoms with Gasteiger partial charge < -0.3 is 19.2 Å². The van der Waals surface area contributed by atoms with Gasteiger partial charge in [0.2, 0.25) is 0 Å². The van der Waals surface area contributed by atoms with E-state index in [9.17, 15) is 14.4 Å². The Kier molecular flexibility index (Phi) is 7.24. The summed E-state index contributed by atoms with van der Waals surface area (Å²) in [4.78, 5) is 37.8. The van der Waals surface area contributed by atoms with Crippen LogP contribution in [0.3, 0.4) is 0 Å². The molecule has 0 aliphatic heterocycles. The van der Waals surface area contributed by atoms with Crippen LogP contribution in [0.1, 0.15) is 62.2 Å². The van der Waals surface area contributed by atoms with E-state index in [4.69, 9.17) is 13.9 Å². The molecule has 0 fully saturated rings. The summed E-state index contributed by atoms with van der Waals surface area (Å²) < 4.78 is 17.6. The van der Waals surface area contributed by atoms with Crippen molar-refractivity contribution >= 4 is 34.2 Å². The van der Waals surface area contributed by atoms with Gasteiger partial charge in [-0.1, -0.05) is 6.92 Å². The van der Waals surface area contributed by atoms with Crippen molar-refractivity contribution in [3.8, 4) is 0 Å². The standard InChI is InChI=1S/C21H23N3O6S/c1-4-11-29-20(26)16-13(3)17(21(27)28-5-2)31-19(16)23-18(25)15-8-7-14(30-15)12-24-10-6-9-22-24/h6-10H,4-5,11-12H2,1-3H3,(H,23,25). The van der Waals surface area contributed by atoms with Crippen molar-refractivity contribution in [2.45, 2.75) is 33.7 Å². The van der Waals surface area contributed by atoms with E-state index in [2.05, 4.69) is 10.4 Å². The molecule has 0 unspecified atom stereocenters. The van der Waals surface area contributed by atoms with Gasteiger partial charge in [-0.2, -0.15) is 5.10 Å². The van der Waals surface area contributed by atoms with Crippen LogP contribution in [0.25, 0.3) is 0 Å². The number of ether oxygens (including phenoxy) is 2. The van der Waals surface area contributed by atoms with Gasteiger partial charge in [-0.05, 0) is 44.0 Å². The molecule has 1 amide bonds. The summed E-state index contributed by atoms with van der Waals surface area (Å²) >= 11 is 0.966. The second kappa shape index (κ2) is 10.1. The Hall–Kier alpha value is -3.40. The number of hydrogen-bond acceptors (Lipinski definition) is 8. The molecule has 9 nitrogen and oxygen atoms in total. The second-order valence-corrected chi connectivity index (χ2v) is 7.56. The first-order chi connectivity index (χ1) is 14.9. The average Bonchev–Trinajstić information content (AvgIpc) is 3.48. The third-order valence-electron chi connectivity index (χ3n) is 4.24. The van der Waals surface area contributed by atoms with E-state index in [1.54, 1.807) is 43.1 Å².